The highest BCUT2D eigenvalue weighted by Gasteiger charge is 2.15. The van der Waals surface area contributed by atoms with Gasteiger partial charge in [0, 0.05) is 5.02 Å². The van der Waals surface area contributed by atoms with E-state index in [1.54, 1.807) is 5.57 Å². The Morgan fingerprint density at radius 2 is 2.00 bits per heavy atom. The zero-order valence-corrected chi connectivity index (χ0v) is 9.27. The zero-order valence-electron chi connectivity index (χ0n) is 8.52. The SMILES string of the molecule is CCC1=C(c2ccccc2Cl)CCC1. The fourth-order valence-electron chi connectivity index (χ4n) is 2.23. The highest BCUT2D eigenvalue weighted by molar-refractivity contribution is 6.32. The van der Waals surface area contributed by atoms with E-state index in [9.17, 15) is 0 Å². The van der Waals surface area contributed by atoms with E-state index in [2.05, 4.69) is 19.1 Å². The van der Waals surface area contributed by atoms with Crippen LogP contribution in [0.1, 0.15) is 38.2 Å². The smallest absolute Gasteiger partial charge is 0.0481 e. The predicted octanol–water partition coefficient (Wildman–Crippen LogP) is 4.69. The van der Waals surface area contributed by atoms with Crippen LogP contribution in [-0.4, -0.2) is 0 Å². The summed E-state index contributed by atoms with van der Waals surface area (Å²) in [5.41, 5.74) is 4.35. The van der Waals surface area contributed by atoms with Gasteiger partial charge >= 0.3 is 0 Å². The molecule has 0 aromatic heterocycles. The third-order valence-corrected chi connectivity index (χ3v) is 3.29. The van der Waals surface area contributed by atoms with Crippen LogP contribution in [0.2, 0.25) is 5.02 Å². The quantitative estimate of drug-likeness (QED) is 0.659. The minimum absolute atomic E-state index is 0.898. The van der Waals surface area contributed by atoms with Crippen molar-refractivity contribution in [3.63, 3.8) is 0 Å². The molecule has 1 heteroatoms. The summed E-state index contributed by atoms with van der Waals surface area (Å²) in [6.45, 7) is 2.23. The summed E-state index contributed by atoms with van der Waals surface area (Å²) >= 11 is 6.19. The molecule has 0 atom stereocenters. The van der Waals surface area contributed by atoms with Gasteiger partial charge in [0.2, 0.25) is 0 Å². The number of hydrogen-bond acceptors (Lipinski definition) is 0. The van der Waals surface area contributed by atoms with Gasteiger partial charge in [-0.25, -0.2) is 0 Å². The minimum atomic E-state index is 0.898. The first-order valence-corrected chi connectivity index (χ1v) is 5.66. The third-order valence-electron chi connectivity index (χ3n) is 2.96. The van der Waals surface area contributed by atoms with Gasteiger partial charge in [-0.05, 0) is 42.9 Å². The summed E-state index contributed by atoms with van der Waals surface area (Å²) in [4.78, 5) is 0. The van der Waals surface area contributed by atoms with Crippen molar-refractivity contribution in [2.24, 2.45) is 0 Å². The topological polar surface area (TPSA) is 0 Å². The van der Waals surface area contributed by atoms with Crippen molar-refractivity contribution < 1.29 is 0 Å². The van der Waals surface area contributed by atoms with Crippen molar-refractivity contribution in [3.8, 4) is 0 Å². The Kier molecular flexibility index (Phi) is 2.93. The zero-order chi connectivity index (χ0) is 9.97. The van der Waals surface area contributed by atoms with E-state index in [0.717, 1.165) is 5.02 Å². The molecule has 1 aromatic carbocycles. The van der Waals surface area contributed by atoms with Crippen LogP contribution in [0, 0.1) is 0 Å². The summed E-state index contributed by atoms with van der Waals surface area (Å²) in [6.07, 6.45) is 4.92. The van der Waals surface area contributed by atoms with E-state index >= 15 is 0 Å². The lowest BCUT2D eigenvalue weighted by Crippen LogP contribution is -1.85. The largest absolute Gasteiger partial charge is 0.0837 e. The lowest BCUT2D eigenvalue weighted by Gasteiger charge is -2.07. The van der Waals surface area contributed by atoms with Gasteiger partial charge in [-0.2, -0.15) is 0 Å². The average molecular weight is 207 g/mol. The lowest BCUT2D eigenvalue weighted by molar-refractivity contribution is 0.881. The van der Waals surface area contributed by atoms with Crippen LogP contribution >= 0.6 is 11.6 Å². The van der Waals surface area contributed by atoms with Crippen LogP contribution < -0.4 is 0 Å². The molecule has 0 unspecified atom stereocenters. The van der Waals surface area contributed by atoms with Crippen molar-refractivity contribution in [2.45, 2.75) is 32.6 Å². The maximum atomic E-state index is 6.19. The molecule has 0 aliphatic heterocycles. The summed E-state index contributed by atoms with van der Waals surface area (Å²) in [7, 11) is 0. The van der Waals surface area contributed by atoms with E-state index < -0.39 is 0 Å². The summed E-state index contributed by atoms with van der Waals surface area (Å²) in [6, 6.07) is 8.18. The van der Waals surface area contributed by atoms with E-state index in [4.69, 9.17) is 11.6 Å². The Morgan fingerprint density at radius 3 is 2.71 bits per heavy atom. The Bertz CT molecular complexity index is 363. The number of hydrogen-bond donors (Lipinski definition) is 0. The number of halogens is 1. The van der Waals surface area contributed by atoms with Crippen molar-refractivity contribution in [1.29, 1.82) is 0 Å². The average Bonchev–Trinajstić information content (AvgIpc) is 2.66. The van der Waals surface area contributed by atoms with Gasteiger partial charge in [-0.1, -0.05) is 42.3 Å². The van der Waals surface area contributed by atoms with E-state index in [-0.39, 0.29) is 0 Å². The van der Waals surface area contributed by atoms with Crippen LogP contribution in [0.25, 0.3) is 5.57 Å². The van der Waals surface area contributed by atoms with Crippen molar-refractivity contribution in [3.05, 3.63) is 40.4 Å². The van der Waals surface area contributed by atoms with Gasteiger partial charge in [-0.3, -0.25) is 0 Å². The van der Waals surface area contributed by atoms with Crippen molar-refractivity contribution in [1.82, 2.24) is 0 Å². The summed E-state index contributed by atoms with van der Waals surface area (Å²) in [5.74, 6) is 0. The standard InChI is InChI=1S/C13H15Cl/c1-2-10-6-5-8-11(10)12-7-3-4-9-13(12)14/h3-4,7,9H,2,5-6,8H2,1H3. The monoisotopic (exact) mass is 206 g/mol. The molecular formula is C13H15Cl. The van der Waals surface area contributed by atoms with E-state index in [1.165, 1.54) is 36.8 Å². The molecule has 0 heterocycles. The molecule has 1 aromatic rings. The van der Waals surface area contributed by atoms with Gasteiger partial charge in [0.05, 0.1) is 0 Å². The first-order valence-electron chi connectivity index (χ1n) is 5.28. The molecule has 74 valence electrons. The molecule has 0 radical (unpaired) electrons. The van der Waals surface area contributed by atoms with Gasteiger partial charge < -0.3 is 0 Å². The van der Waals surface area contributed by atoms with Crippen LogP contribution in [0.15, 0.2) is 29.8 Å². The first kappa shape index (κ1) is 9.79. The highest BCUT2D eigenvalue weighted by Crippen LogP contribution is 2.37. The molecule has 0 spiro atoms. The molecule has 0 fully saturated rings. The van der Waals surface area contributed by atoms with Crippen LogP contribution in [0.5, 0.6) is 0 Å². The second-order valence-electron chi connectivity index (χ2n) is 3.77. The molecule has 0 amide bonds. The van der Waals surface area contributed by atoms with Gasteiger partial charge in [0.15, 0.2) is 0 Å². The minimum Gasteiger partial charge on any atom is -0.0837 e. The Balaban J connectivity index is 2.44. The van der Waals surface area contributed by atoms with E-state index in [1.807, 2.05) is 12.1 Å². The summed E-state index contributed by atoms with van der Waals surface area (Å²) in [5, 5.41) is 0.898. The Morgan fingerprint density at radius 1 is 1.21 bits per heavy atom. The molecule has 2 rings (SSSR count). The second-order valence-corrected chi connectivity index (χ2v) is 4.18. The molecular weight excluding hydrogens is 192 g/mol. The fraction of sp³-hybridized carbons (Fsp3) is 0.385. The van der Waals surface area contributed by atoms with Crippen molar-refractivity contribution >= 4 is 17.2 Å². The van der Waals surface area contributed by atoms with Gasteiger partial charge in [-0.15, -0.1) is 0 Å². The molecule has 0 nitrogen and oxygen atoms in total. The van der Waals surface area contributed by atoms with Crippen molar-refractivity contribution in [2.75, 3.05) is 0 Å². The van der Waals surface area contributed by atoms with Gasteiger partial charge in [0.25, 0.3) is 0 Å². The Labute approximate surface area is 90.6 Å². The molecule has 0 saturated heterocycles. The third kappa shape index (κ3) is 1.72. The molecule has 1 aliphatic rings. The number of allylic oxidation sites excluding steroid dienone is 2. The molecule has 0 N–H and O–H groups in total. The van der Waals surface area contributed by atoms with E-state index in [0.29, 0.717) is 0 Å². The van der Waals surface area contributed by atoms with Crippen LogP contribution in [0.4, 0.5) is 0 Å². The normalized spacial score (nSPS) is 16.4. The van der Waals surface area contributed by atoms with Gasteiger partial charge in [0.1, 0.15) is 0 Å². The lowest BCUT2D eigenvalue weighted by atomic mass is 10.0. The molecule has 0 bridgehead atoms. The Hall–Kier alpha value is -0.750. The van der Waals surface area contributed by atoms with Crippen LogP contribution in [0.3, 0.4) is 0 Å². The molecule has 14 heavy (non-hydrogen) atoms. The number of benzene rings is 1. The first-order chi connectivity index (χ1) is 6.83. The van der Waals surface area contributed by atoms with Crippen LogP contribution in [-0.2, 0) is 0 Å². The fourth-order valence-corrected chi connectivity index (χ4v) is 2.48. The molecule has 1 aliphatic carbocycles. The second kappa shape index (κ2) is 4.18. The maximum absolute atomic E-state index is 6.19. The summed E-state index contributed by atoms with van der Waals surface area (Å²) < 4.78 is 0. The number of rotatable bonds is 2. The molecule has 0 saturated carbocycles. The predicted molar refractivity (Wildman–Crippen MR) is 62.5 cm³/mol. The highest BCUT2D eigenvalue weighted by atomic mass is 35.5. The maximum Gasteiger partial charge on any atom is 0.0481 e.